The van der Waals surface area contributed by atoms with Gasteiger partial charge in [0.05, 0.1) is 11.0 Å². The van der Waals surface area contributed by atoms with Crippen LogP contribution in [0.2, 0.25) is 0 Å². The Labute approximate surface area is 374 Å². The molecule has 0 bridgehead atoms. The summed E-state index contributed by atoms with van der Waals surface area (Å²) < 4.78 is 11.9. The molecule has 63 heavy (non-hydrogen) atoms. The minimum Gasteiger partial charge on any atom is -0.456 e. The summed E-state index contributed by atoms with van der Waals surface area (Å²) in [5.41, 5.74) is 19.6. The van der Waals surface area contributed by atoms with Gasteiger partial charge in [-0.05, 0) is 134 Å². The first-order valence-electron chi connectivity index (χ1n) is 23.0. The Morgan fingerprint density at radius 3 is 2.00 bits per heavy atom. The molecule has 2 aliphatic heterocycles. The number of furan rings is 1. The molecular weight excluding hydrogens is 784 g/mol. The van der Waals surface area contributed by atoms with Gasteiger partial charge >= 0.3 is 6.85 Å². The first kappa shape index (κ1) is 37.8. The van der Waals surface area contributed by atoms with Crippen LogP contribution < -0.4 is 15.7 Å². The van der Waals surface area contributed by atoms with Gasteiger partial charge in [-0.1, -0.05) is 124 Å². The van der Waals surface area contributed by atoms with E-state index in [-0.39, 0.29) is 28.5 Å². The third kappa shape index (κ3) is 5.03. The highest BCUT2D eigenvalue weighted by molar-refractivity contribution is 7.25. The molecule has 0 N–H and O–H groups in total. The average molecular weight is 837 g/mol. The predicted molar refractivity (Wildman–Crippen MR) is 273 cm³/mol. The molecule has 0 amide bonds. The van der Waals surface area contributed by atoms with E-state index >= 15 is 0 Å². The highest BCUT2D eigenvalue weighted by Gasteiger charge is 2.45. The van der Waals surface area contributed by atoms with E-state index in [1.54, 1.807) is 0 Å². The Bertz CT molecular complexity index is 3650. The lowest BCUT2D eigenvalue weighted by atomic mass is 9.43. The number of benzene rings is 7. The number of para-hydroxylation sites is 1. The second-order valence-electron chi connectivity index (χ2n) is 22.4. The Balaban J connectivity index is 1.19. The van der Waals surface area contributed by atoms with Gasteiger partial charge in [-0.2, -0.15) is 0 Å². The maximum absolute atomic E-state index is 6.56. The monoisotopic (exact) mass is 836 g/mol. The average Bonchev–Trinajstić information content (AvgIpc) is 3.92. The summed E-state index contributed by atoms with van der Waals surface area (Å²) in [5.74, 6) is 0. The molecule has 0 fully saturated rings. The van der Waals surface area contributed by atoms with Gasteiger partial charge in [0.15, 0.2) is 0 Å². The summed E-state index contributed by atoms with van der Waals surface area (Å²) in [7, 11) is 0. The zero-order chi connectivity index (χ0) is 43.3. The Kier molecular flexibility index (Phi) is 7.23. The number of anilines is 2. The van der Waals surface area contributed by atoms with Crippen molar-refractivity contribution in [2.45, 2.75) is 104 Å². The van der Waals surface area contributed by atoms with E-state index in [2.05, 4.69) is 194 Å². The van der Waals surface area contributed by atoms with Crippen molar-refractivity contribution >= 4 is 104 Å². The van der Waals surface area contributed by atoms with Crippen LogP contribution in [0.1, 0.15) is 104 Å². The number of hydrogen-bond donors (Lipinski definition) is 0. The van der Waals surface area contributed by atoms with Gasteiger partial charge in [-0.25, -0.2) is 0 Å². The van der Waals surface area contributed by atoms with E-state index in [0.29, 0.717) is 0 Å². The van der Waals surface area contributed by atoms with Gasteiger partial charge in [0, 0.05) is 64.3 Å². The third-order valence-electron chi connectivity index (χ3n) is 15.6. The van der Waals surface area contributed by atoms with Crippen molar-refractivity contribution in [3.63, 3.8) is 0 Å². The van der Waals surface area contributed by atoms with Gasteiger partial charge in [0.2, 0.25) is 0 Å². The minimum atomic E-state index is -0.0527. The fraction of sp³-hybridized carbons (Fsp3) is 0.276. The molecule has 13 rings (SSSR count). The van der Waals surface area contributed by atoms with E-state index in [0.717, 1.165) is 11.2 Å². The maximum Gasteiger partial charge on any atom is 0.333 e. The molecule has 0 saturated heterocycles. The number of aromatic nitrogens is 1. The summed E-state index contributed by atoms with van der Waals surface area (Å²) in [6.07, 6.45) is 2.42. The van der Waals surface area contributed by atoms with E-state index in [4.69, 9.17) is 4.42 Å². The lowest BCUT2D eigenvalue weighted by molar-refractivity contribution is 0.332. The van der Waals surface area contributed by atoms with Gasteiger partial charge in [-0.15, -0.1) is 11.3 Å². The maximum atomic E-state index is 6.56. The van der Waals surface area contributed by atoms with E-state index in [1.165, 1.54) is 127 Å². The van der Waals surface area contributed by atoms with Crippen LogP contribution >= 0.6 is 11.3 Å². The molecule has 3 aromatic heterocycles. The standard InChI is InChI=1S/C58H53BN2OS/c1-55(2,3)32-15-18-34(19-16-32)61-46-31-50-39(40-29-41-42(30-49(40)63-50)58(9,10)26-25-57(41,7)8)28-38(46)35-20-21-37-51-45(23-24-48-52(51)36-13-11-12-14-47(36)62-48)60-44-22-17-33(56(4,5)6)27-43(44)59(61)53(35)54(37)60/h11-24,27-31H,25-26H2,1-10H3. The van der Waals surface area contributed by atoms with Crippen LogP contribution in [-0.2, 0) is 21.7 Å². The molecule has 310 valence electrons. The van der Waals surface area contributed by atoms with Crippen molar-refractivity contribution in [3.8, 4) is 16.8 Å². The van der Waals surface area contributed by atoms with Crippen LogP contribution in [0.15, 0.2) is 120 Å². The minimum absolute atomic E-state index is 0.0257. The second-order valence-corrected chi connectivity index (χ2v) is 23.5. The molecule has 10 aromatic rings. The zero-order valence-corrected chi connectivity index (χ0v) is 39.0. The normalized spacial score (nSPS) is 16.5. The van der Waals surface area contributed by atoms with Crippen LogP contribution in [0, 0.1) is 0 Å². The summed E-state index contributed by atoms with van der Waals surface area (Å²) in [5, 5.41) is 7.67. The third-order valence-corrected chi connectivity index (χ3v) is 16.7. The van der Waals surface area contributed by atoms with Crippen molar-refractivity contribution in [3.05, 3.63) is 138 Å². The quantitative estimate of drug-likeness (QED) is 0.154. The Morgan fingerprint density at radius 1 is 0.571 bits per heavy atom. The van der Waals surface area contributed by atoms with Gasteiger partial charge in [0.25, 0.3) is 0 Å². The van der Waals surface area contributed by atoms with E-state index < -0.39 is 0 Å². The van der Waals surface area contributed by atoms with Crippen LogP contribution in [0.4, 0.5) is 11.4 Å². The van der Waals surface area contributed by atoms with Crippen LogP contribution in [0.5, 0.6) is 0 Å². The van der Waals surface area contributed by atoms with Crippen molar-refractivity contribution in [1.82, 2.24) is 4.57 Å². The fourth-order valence-corrected chi connectivity index (χ4v) is 13.0. The first-order chi connectivity index (χ1) is 30.0. The molecule has 0 unspecified atom stereocenters. The number of fused-ring (bicyclic) bond motifs is 16. The lowest BCUT2D eigenvalue weighted by Crippen LogP contribution is -2.60. The summed E-state index contributed by atoms with van der Waals surface area (Å²) in [4.78, 5) is 2.71. The van der Waals surface area contributed by atoms with Gasteiger partial charge < -0.3 is 13.8 Å². The molecule has 0 atom stereocenters. The SMILES string of the molecule is CC(C)(C)c1ccc(N2B3c4cc(C(C)(C)C)ccc4-n4c5ccc6oc7ccccc7c6c5c5ccc(c3c54)-c3cc4c(cc32)sc2cc3c(cc24)C(C)(C)CCC3(C)C)cc1. The van der Waals surface area contributed by atoms with Crippen LogP contribution in [0.3, 0.4) is 0 Å². The number of nitrogens with zero attached hydrogens (tertiary/aromatic N) is 2. The van der Waals surface area contributed by atoms with Crippen molar-refractivity contribution in [1.29, 1.82) is 0 Å². The highest BCUT2D eigenvalue weighted by Crippen LogP contribution is 2.53. The Morgan fingerprint density at radius 2 is 1.25 bits per heavy atom. The largest absolute Gasteiger partial charge is 0.456 e. The summed E-state index contributed by atoms with van der Waals surface area (Å²) >= 11 is 1.97. The zero-order valence-electron chi connectivity index (χ0n) is 38.2. The summed E-state index contributed by atoms with van der Waals surface area (Å²) in [6.45, 7) is 23.7. The molecule has 0 spiro atoms. The topological polar surface area (TPSA) is 21.3 Å². The molecule has 1 aliphatic carbocycles. The number of hydrogen-bond acceptors (Lipinski definition) is 3. The van der Waals surface area contributed by atoms with E-state index in [9.17, 15) is 0 Å². The first-order valence-corrected chi connectivity index (χ1v) is 23.8. The predicted octanol–water partition coefficient (Wildman–Crippen LogP) is 15.2. The van der Waals surface area contributed by atoms with Crippen LogP contribution in [-0.4, -0.2) is 11.4 Å². The Hall–Kier alpha value is -5.78. The van der Waals surface area contributed by atoms with Crippen molar-refractivity contribution < 1.29 is 4.42 Å². The van der Waals surface area contributed by atoms with Gasteiger partial charge in [-0.3, -0.25) is 0 Å². The molecular formula is C58H53BN2OS. The molecule has 3 aliphatic rings. The van der Waals surface area contributed by atoms with Crippen molar-refractivity contribution in [2.24, 2.45) is 0 Å². The molecule has 0 radical (unpaired) electrons. The smallest absolute Gasteiger partial charge is 0.333 e. The van der Waals surface area contributed by atoms with E-state index in [1.807, 2.05) is 11.3 Å². The molecule has 7 aromatic carbocycles. The molecule has 5 heteroatoms. The second kappa shape index (κ2) is 12.1. The molecule has 5 heterocycles. The summed E-state index contributed by atoms with van der Waals surface area (Å²) in [6, 6.07) is 45.0. The number of thiophene rings is 1. The molecule has 3 nitrogen and oxygen atoms in total. The highest BCUT2D eigenvalue weighted by atomic mass is 32.1. The van der Waals surface area contributed by atoms with Gasteiger partial charge in [0.1, 0.15) is 11.2 Å². The van der Waals surface area contributed by atoms with Crippen LogP contribution in [0.25, 0.3) is 80.7 Å². The fourth-order valence-electron chi connectivity index (χ4n) is 11.9. The lowest BCUT2D eigenvalue weighted by Gasteiger charge is -2.42. The number of rotatable bonds is 1. The molecule has 0 saturated carbocycles. The van der Waals surface area contributed by atoms with Crippen molar-refractivity contribution in [2.75, 3.05) is 4.81 Å².